The topological polar surface area (TPSA) is 76.2 Å². The van der Waals surface area contributed by atoms with Crippen LogP contribution in [0.15, 0.2) is 30.0 Å². The van der Waals surface area contributed by atoms with Gasteiger partial charge in [0.15, 0.2) is 11.8 Å². The van der Waals surface area contributed by atoms with Crippen LogP contribution >= 0.6 is 24.0 Å². The maximum absolute atomic E-state index is 4.64. The summed E-state index contributed by atoms with van der Waals surface area (Å²) >= 11 is 0. The van der Waals surface area contributed by atoms with Crippen molar-refractivity contribution in [2.24, 2.45) is 19.1 Å². The Kier molecular flexibility index (Phi) is 7.89. The van der Waals surface area contributed by atoms with Crippen LogP contribution in [0.3, 0.4) is 0 Å². The number of aromatic nitrogens is 5. The minimum absolute atomic E-state index is 0. The summed E-state index contributed by atoms with van der Waals surface area (Å²) in [5.41, 5.74) is 1.12. The van der Waals surface area contributed by atoms with Crippen LogP contribution in [0.1, 0.15) is 17.2 Å². The molecule has 2 rings (SSSR count). The van der Waals surface area contributed by atoms with Gasteiger partial charge in [0.1, 0.15) is 12.4 Å². The van der Waals surface area contributed by atoms with Crippen molar-refractivity contribution in [3.05, 3.63) is 42.3 Å². The Morgan fingerprint density at radius 3 is 2.71 bits per heavy atom. The molecule has 0 aromatic carbocycles. The van der Waals surface area contributed by atoms with Gasteiger partial charge in [0, 0.05) is 46.0 Å². The van der Waals surface area contributed by atoms with Gasteiger partial charge in [-0.05, 0) is 6.92 Å². The predicted octanol–water partition coefficient (Wildman–Crippen LogP) is 1.24. The normalized spacial score (nSPS) is 11.1. The van der Waals surface area contributed by atoms with E-state index >= 15 is 0 Å². The molecule has 2 aromatic rings. The molecule has 1 N–H and O–H groups in total. The molecular formula is C15H25IN8. The van der Waals surface area contributed by atoms with Crippen molar-refractivity contribution >= 4 is 29.9 Å². The fourth-order valence-corrected chi connectivity index (χ4v) is 2.11. The van der Waals surface area contributed by atoms with Crippen molar-refractivity contribution in [3.63, 3.8) is 0 Å². The molecular weight excluding hydrogens is 419 g/mol. The van der Waals surface area contributed by atoms with Gasteiger partial charge < -0.3 is 14.8 Å². The van der Waals surface area contributed by atoms with Crippen molar-refractivity contribution < 1.29 is 0 Å². The van der Waals surface area contributed by atoms with E-state index in [0.29, 0.717) is 19.6 Å². The first-order chi connectivity index (χ1) is 11.0. The molecule has 0 aliphatic rings. The molecule has 2 aromatic heterocycles. The third kappa shape index (κ3) is 5.32. The molecule has 0 spiro atoms. The third-order valence-electron chi connectivity index (χ3n) is 3.50. The molecule has 0 aliphatic heterocycles. The fraction of sp³-hybridized carbons (Fsp3) is 0.467. The summed E-state index contributed by atoms with van der Waals surface area (Å²) in [6, 6.07) is 0. The lowest BCUT2D eigenvalue weighted by molar-refractivity contribution is 0.477. The number of hydrogen-bond donors (Lipinski definition) is 1. The summed E-state index contributed by atoms with van der Waals surface area (Å²) in [5.74, 6) is 2.49. The summed E-state index contributed by atoms with van der Waals surface area (Å²) < 4.78 is 3.73. The summed E-state index contributed by atoms with van der Waals surface area (Å²) in [4.78, 5) is 6.69. The lowest BCUT2D eigenvalue weighted by Crippen LogP contribution is -2.38. The van der Waals surface area contributed by atoms with Gasteiger partial charge in [-0.1, -0.05) is 6.08 Å². The Bertz CT molecular complexity index is 687. The summed E-state index contributed by atoms with van der Waals surface area (Å²) in [7, 11) is 5.84. The van der Waals surface area contributed by atoms with Crippen molar-refractivity contribution in [1.29, 1.82) is 0 Å². The van der Waals surface area contributed by atoms with Crippen LogP contribution in [0.4, 0.5) is 0 Å². The standard InChI is InChI=1S/C15H24N8.HI/c1-6-7-16-15(17-9-14-20-19-12(2)23(14)5)21(3)10-13-8-18-22(4)11-13;/h6,8,11H,1,7,9-10H2,2-5H3,(H,16,17);1H. The Hall–Kier alpha value is -1.91. The molecule has 0 bridgehead atoms. The summed E-state index contributed by atoms with van der Waals surface area (Å²) in [6.45, 7) is 7.49. The Labute approximate surface area is 159 Å². The molecule has 0 atom stereocenters. The first kappa shape index (κ1) is 20.1. The van der Waals surface area contributed by atoms with Gasteiger partial charge in [-0.3, -0.25) is 4.68 Å². The van der Waals surface area contributed by atoms with E-state index in [-0.39, 0.29) is 24.0 Å². The molecule has 0 fully saturated rings. The van der Waals surface area contributed by atoms with Crippen LogP contribution < -0.4 is 5.32 Å². The van der Waals surface area contributed by atoms with Crippen LogP contribution in [0.25, 0.3) is 0 Å². The number of halogens is 1. The minimum Gasteiger partial charge on any atom is -0.353 e. The van der Waals surface area contributed by atoms with Gasteiger partial charge in [0.05, 0.1) is 6.20 Å². The summed E-state index contributed by atoms with van der Waals surface area (Å²) in [6.07, 6.45) is 5.65. The molecule has 0 unspecified atom stereocenters. The van der Waals surface area contributed by atoms with Gasteiger partial charge in [-0.2, -0.15) is 5.10 Å². The highest BCUT2D eigenvalue weighted by atomic mass is 127. The number of aryl methyl sites for hydroxylation is 2. The number of nitrogens with one attached hydrogen (secondary N) is 1. The Morgan fingerprint density at radius 2 is 2.17 bits per heavy atom. The highest BCUT2D eigenvalue weighted by Gasteiger charge is 2.09. The maximum Gasteiger partial charge on any atom is 0.194 e. The van der Waals surface area contributed by atoms with E-state index in [0.717, 1.165) is 23.2 Å². The van der Waals surface area contributed by atoms with E-state index in [2.05, 4.69) is 32.2 Å². The average Bonchev–Trinajstić information content (AvgIpc) is 3.07. The molecule has 2 heterocycles. The SMILES string of the molecule is C=CCNC(=NCc1nnc(C)n1C)N(C)Cc1cnn(C)c1.I. The lowest BCUT2D eigenvalue weighted by Gasteiger charge is -2.21. The predicted molar refractivity (Wildman–Crippen MR) is 105 cm³/mol. The highest BCUT2D eigenvalue weighted by Crippen LogP contribution is 2.04. The monoisotopic (exact) mass is 444 g/mol. The molecule has 9 heteroatoms. The van der Waals surface area contributed by atoms with Crippen LogP contribution in [-0.2, 0) is 27.2 Å². The molecule has 0 radical (unpaired) electrons. The number of nitrogens with zero attached hydrogens (tertiary/aromatic N) is 7. The Balaban J connectivity index is 0.00000288. The second-order valence-electron chi connectivity index (χ2n) is 5.41. The minimum atomic E-state index is 0. The van der Waals surface area contributed by atoms with Gasteiger partial charge in [0.2, 0.25) is 0 Å². The number of hydrogen-bond acceptors (Lipinski definition) is 4. The fourth-order valence-electron chi connectivity index (χ4n) is 2.11. The average molecular weight is 444 g/mol. The lowest BCUT2D eigenvalue weighted by atomic mass is 10.3. The quantitative estimate of drug-likeness (QED) is 0.314. The molecule has 0 amide bonds. The van der Waals surface area contributed by atoms with Gasteiger partial charge in [-0.15, -0.1) is 40.8 Å². The largest absolute Gasteiger partial charge is 0.353 e. The third-order valence-corrected chi connectivity index (χ3v) is 3.50. The Morgan fingerprint density at radius 1 is 1.42 bits per heavy atom. The highest BCUT2D eigenvalue weighted by molar-refractivity contribution is 14.0. The first-order valence-corrected chi connectivity index (χ1v) is 7.44. The van der Waals surface area contributed by atoms with Gasteiger partial charge >= 0.3 is 0 Å². The molecule has 0 aliphatic carbocycles. The van der Waals surface area contributed by atoms with Crippen molar-refractivity contribution in [2.75, 3.05) is 13.6 Å². The van der Waals surface area contributed by atoms with Crippen molar-refractivity contribution in [1.82, 2.24) is 34.8 Å². The van der Waals surface area contributed by atoms with Gasteiger partial charge in [0.25, 0.3) is 0 Å². The molecule has 132 valence electrons. The maximum atomic E-state index is 4.64. The second-order valence-corrected chi connectivity index (χ2v) is 5.41. The molecule has 0 saturated carbocycles. The number of guanidine groups is 1. The van der Waals surface area contributed by atoms with E-state index in [1.165, 1.54) is 0 Å². The van der Waals surface area contributed by atoms with Crippen molar-refractivity contribution in [3.8, 4) is 0 Å². The van der Waals surface area contributed by atoms with Crippen LogP contribution in [0, 0.1) is 6.92 Å². The van der Waals surface area contributed by atoms with E-state index in [1.54, 1.807) is 10.8 Å². The van der Waals surface area contributed by atoms with E-state index in [4.69, 9.17) is 0 Å². The number of aliphatic imine (C=N–C) groups is 1. The molecule has 0 saturated heterocycles. The zero-order chi connectivity index (χ0) is 16.8. The molecule has 8 nitrogen and oxygen atoms in total. The smallest absolute Gasteiger partial charge is 0.194 e. The van der Waals surface area contributed by atoms with E-state index in [9.17, 15) is 0 Å². The summed E-state index contributed by atoms with van der Waals surface area (Å²) in [5, 5.41) is 15.7. The zero-order valence-electron chi connectivity index (χ0n) is 14.6. The first-order valence-electron chi connectivity index (χ1n) is 7.44. The van der Waals surface area contributed by atoms with Crippen molar-refractivity contribution in [2.45, 2.75) is 20.0 Å². The van der Waals surface area contributed by atoms with Crippen LogP contribution in [-0.4, -0.2) is 49.0 Å². The second kappa shape index (κ2) is 9.40. The van der Waals surface area contributed by atoms with E-state index < -0.39 is 0 Å². The van der Waals surface area contributed by atoms with Crippen LogP contribution in [0.5, 0.6) is 0 Å². The zero-order valence-corrected chi connectivity index (χ0v) is 16.9. The van der Waals surface area contributed by atoms with E-state index in [1.807, 2.05) is 49.9 Å². The molecule has 24 heavy (non-hydrogen) atoms. The number of rotatable bonds is 6. The van der Waals surface area contributed by atoms with Gasteiger partial charge in [-0.25, -0.2) is 4.99 Å². The van der Waals surface area contributed by atoms with Crippen LogP contribution in [0.2, 0.25) is 0 Å².